The lowest BCUT2D eigenvalue weighted by Gasteiger charge is -2.16. The Labute approximate surface area is 147 Å². The van der Waals surface area contributed by atoms with E-state index in [0.717, 1.165) is 27.9 Å². The van der Waals surface area contributed by atoms with E-state index in [9.17, 15) is 4.79 Å². The molecule has 0 bridgehead atoms. The van der Waals surface area contributed by atoms with Gasteiger partial charge in [-0.15, -0.1) is 0 Å². The summed E-state index contributed by atoms with van der Waals surface area (Å²) in [6.07, 6.45) is 1.71. The molecular formula is C20H23N3O2. The van der Waals surface area contributed by atoms with Crippen LogP contribution in [0.5, 0.6) is 5.75 Å². The smallest absolute Gasteiger partial charge is 0.242 e. The molecular weight excluding hydrogens is 314 g/mol. The van der Waals surface area contributed by atoms with Gasteiger partial charge < -0.3 is 14.6 Å². The Hall–Kier alpha value is -2.82. The van der Waals surface area contributed by atoms with E-state index < -0.39 is 0 Å². The van der Waals surface area contributed by atoms with Crippen molar-refractivity contribution in [1.29, 1.82) is 0 Å². The Balaban J connectivity index is 1.56. The summed E-state index contributed by atoms with van der Waals surface area (Å²) in [7, 11) is 0. The van der Waals surface area contributed by atoms with Gasteiger partial charge in [0.15, 0.2) is 0 Å². The fourth-order valence-corrected chi connectivity index (χ4v) is 2.92. The van der Waals surface area contributed by atoms with Crippen molar-refractivity contribution in [2.45, 2.75) is 26.8 Å². The summed E-state index contributed by atoms with van der Waals surface area (Å²) in [5.74, 6) is 0.846. The molecule has 25 heavy (non-hydrogen) atoms. The molecule has 1 amide bonds. The van der Waals surface area contributed by atoms with Crippen molar-refractivity contribution in [3.05, 3.63) is 59.9 Å². The maximum atomic E-state index is 12.4. The molecule has 0 aliphatic carbocycles. The van der Waals surface area contributed by atoms with E-state index >= 15 is 0 Å². The molecule has 0 radical (unpaired) electrons. The van der Waals surface area contributed by atoms with Gasteiger partial charge in [-0.2, -0.15) is 0 Å². The SMILES string of the molecule is Cc1cccc(C)c1OCCNC(=O)[C@@H](C)n1cnc2ccccc21. The minimum absolute atomic E-state index is 0.0479. The summed E-state index contributed by atoms with van der Waals surface area (Å²) in [5.41, 5.74) is 4.05. The Bertz CT molecular complexity index is 865. The number of hydrogen-bond acceptors (Lipinski definition) is 3. The summed E-state index contributed by atoms with van der Waals surface area (Å²) in [6, 6.07) is 13.5. The molecule has 3 aromatic rings. The third-order valence-corrected chi connectivity index (χ3v) is 4.33. The van der Waals surface area contributed by atoms with Gasteiger partial charge in [0.1, 0.15) is 18.4 Å². The third kappa shape index (κ3) is 3.65. The van der Waals surface area contributed by atoms with E-state index in [4.69, 9.17) is 4.74 Å². The Kier molecular flexibility index (Phi) is 5.03. The van der Waals surface area contributed by atoms with Crippen molar-refractivity contribution in [3.63, 3.8) is 0 Å². The summed E-state index contributed by atoms with van der Waals surface area (Å²) in [5, 5.41) is 2.93. The van der Waals surface area contributed by atoms with Crippen LogP contribution in [0.15, 0.2) is 48.8 Å². The van der Waals surface area contributed by atoms with Gasteiger partial charge in [0, 0.05) is 0 Å². The third-order valence-electron chi connectivity index (χ3n) is 4.33. The first-order chi connectivity index (χ1) is 12.1. The van der Waals surface area contributed by atoms with Crippen molar-refractivity contribution in [1.82, 2.24) is 14.9 Å². The predicted octanol–water partition coefficient (Wildman–Crippen LogP) is 3.41. The summed E-state index contributed by atoms with van der Waals surface area (Å²) in [4.78, 5) is 16.8. The lowest BCUT2D eigenvalue weighted by Crippen LogP contribution is -2.33. The molecule has 0 aliphatic heterocycles. The molecule has 0 saturated carbocycles. The number of aryl methyl sites for hydroxylation is 2. The Morgan fingerprint density at radius 1 is 1.16 bits per heavy atom. The summed E-state index contributed by atoms with van der Waals surface area (Å²) >= 11 is 0. The quantitative estimate of drug-likeness (QED) is 0.701. The number of imidazole rings is 1. The van der Waals surface area contributed by atoms with Crippen LogP contribution in [-0.4, -0.2) is 28.6 Å². The number of fused-ring (bicyclic) bond motifs is 1. The van der Waals surface area contributed by atoms with Gasteiger partial charge in [0.25, 0.3) is 0 Å². The number of aromatic nitrogens is 2. The maximum absolute atomic E-state index is 12.4. The number of amides is 1. The van der Waals surface area contributed by atoms with Crippen molar-refractivity contribution in [3.8, 4) is 5.75 Å². The van der Waals surface area contributed by atoms with Crippen LogP contribution in [0, 0.1) is 13.8 Å². The predicted molar refractivity (Wildman–Crippen MR) is 98.9 cm³/mol. The normalized spacial score (nSPS) is 12.1. The highest BCUT2D eigenvalue weighted by molar-refractivity contribution is 5.83. The zero-order valence-electron chi connectivity index (χ0n) is 14.8. The van der Waals surface area contributed by atoms with Crippen LogP contribution in [-0.2, 0) is 4.79 Å². The van der Waals surface area contributed by atoms with Gasteiger partial charge in [-0.3, -0.25) is 4.79 Å². The molecule has 0 aliphatic rings. The van der Waals surface area contributed by atoms with Gasteiger partial charge in [0.05, 0.1) is 23.9 Å². The maximum Gasteiger partial charge on any atom is 0.242 e. The Morgan fingerprint density at radius 3 is 2.64 bits per heavy atom. The first-order valence-electron chi connectivity index (χ1n) is 8.46. The second kappa shape index (κ2) is 7.38. The lowest BCUT2D eigenvalue weighted by molar-refractivity contribution is -0.123. The number of rotatable bonds is 6. The fraction of sp³-hybridized carbons (Fsp3) is 0.300. The van der Waals surface area contributed by atoms with Gasteiger partial charge in [-0.05, 0) is 44.0 Å². The number of nitrogens with zero attached hydrogens (tertiary/aromatic N) is 2. The van der Waals surface area contributed by atoms with Gasteiger partial charge in [-0.1, -0.05) is 30.3 Å². The monoisotopic (exact) mass is 337 g/mol. The van der Waals surface area contributed by atoms with E-state index in [0.29, 0.717) is 13.2 Å². The molecule has 1 N–H and O–H groups in total. The van der Waals surface area contributed by atoms with Crippen LogP contribution in [0.1, 0.15) is 24.1 Å². The van der Waals surface area contributed by atoms with Crippen LogP contribution in [0.3, 0.4) is 0 Å². The fourth-order valence-electron chi connectivity index (χ4n) is 2.92. The number of para-hydroxylation sites is 3. The van der Waals surface area contributed by atoms with Crippen LogP contribution in [0.25, 0.3) is 11.0 Å². The molecule has 5 heteroatoms. The van der Waals surface area contributed by atoms with Crippen LogP contribution in [0.2, 0.25) is 0 Å². The number of hydrogen-bond donors (Lipinski definition) is 1. The highest BCUT2D eigenvalue weighted by Gasteiger charge is 2.16. The molecule has 0 fully saturated rings. The highest BCUT2D eigenvalue weighted by atomic mass is 16.5. The molecule has 0 unspecified atom stereocenters. The van der Waals surface area contributed by atoms with Crippen molar-refractivity contribution in [2.24, 2.45) is 0 Å². The van der Waals surface area contributed by atoms with Gasteiger partial charge in [0.2, 0.25) is 5.91 Å². The van der Waals surface area contributed by atoms with Crippen LogP contribution < -0.4 is 10.1 Å². The van der Waals surface area contributed by atoms with Gasteiger partial charge >= 0.3 is 0 Å². The lowest BCUT2D eigenvalue weighted by atomic mass is 10.1. The number of nitrogens with one attached hydrogen (secondary N) is 1. The average molecular weight is 337 g/mol. The highest BCUT2D eigenvalue weighted by Crippen LogP contribution is 2.22. The summed E-state index contributed by atoms with van der Waals surface area (Å²) < 4.78 is 7.71. The number of ether oxygens (including phenoxy) is 1. The standard InChI is InChI=1S/C20H23N3O2/c1-14-7-6-8-15(2)19(14)25-12-11-21-20(24)16(3)23-13-22-17-9-4-5-10-18(17)23/h4-10,13,16H,11-12H2,1-3H3,(H,21,24)/t16-/m1/s1. The molecule has 5 nitrogen and oxygen atoms in total. The molecule has 1 atom stereocenters. The Morgan fingerprint density at radius 2 is 1.88 bits per heavy atom. The molecule has 1 heterocycles. The first-order valence-corrected chi connectivity index (χ1v) is 8.46. The van der Waals surface area contributed by atoms with Crippen molar-refractivity contribution < 1.29 is 9.53 Å². The van der Waals surface area contributed by atoms with Crippen molar-refractivity contribution in [2.75, 3.05) is 13.2 Å². The van der Waals surface area contributed by atoms with E-state index in [1.165, 1.54) is 0 Å². The van der Waals surface area contributed by atoms with Crippen LogP contribution >= 0.6 is 0 Å². The van der Waals surface area contributed by atoms with E-state index in [-0.39, 0.29) is 11.9 Å². The molecule has 1 aromatic heterocycles. The number of carbonyl (C=O) groups is 1. The second-order valence-corrected chi connectivity index (χ2v) is 6.18. The molecule has 3 rings (SSSR count). The largest absolute Gasteiger partial charge is 0.491 e. The minimum atomic E-state index is -0.326. The van der Waals surface area contributed by atoms with E-state index in [1.54, 1.807) is 6.33 Å². The first kappa shape index (κ1) is 17.0. The van der Waals surface area contributed by atoms with Crippen molar-refractivity contribution >= 4 is 16.9 Å². The molecule has 130 valence electrons. The molecule has 0 spiro atoms. The average Bonchev–Trinajstić information content (AvgIpc) is 3.04. The second-order valence-electron chi connectivity index (χ2n) is 6.18. The number of carbonyl (C=O) groups excluding carboxylic acids is 1. The summed E-state index contributed by atoms with van der Waals surface area (Å²) in [6.45, 7) is 6.81. The zero-order chi connectivity index (χ0) is 17.8. The molecule has 0 saturated heterocycles. The van der Waals surface area contributed by atoms with Crippen LogP contribution in [0.4, 0.5) is 0 Å². The van der Waals surface area contributed by atoms with E-state index in [2.05, 4.69) is 10.3 Å². The molecule has 2 aromatic carbocycles. The minimum Gasteiger partial charge on any atom is -0.491 e. The topological polar surface area (TPSA) is 56.1 Å². The zero-order valence-corrected chi connectivity index (χ0v) is 14.8. The van der Waals surface area contributed by atoms with E-state index in [1.807, 2.05) is 67.8 Å². The van der Waals surface area contributed by atoms with Gasteiger partial charge in [-0.25, -0.2) is 4.98 Å². The number of benzene rings is 2.